The molecule has 83 heavy (non-hydrogen) atoms. The molecule has 0 radical (unpaired) electrons. The highest BCUT2D eigenvalue weighted by atomic mass is 15.0. The van der Waals surface area contributed by atoms with Crippen LogP contribution in [0.2, 0.25) is 0 Å². The predicted molar refractivity (Wildman–Crippen MR) is 339 cm³/mol. The van der Waals surface area contributed by atoms with Crippen LogP contribution in [0.4, 0.5) is 0 Å². The fourth-order valence-electron chi connectivity index (χ4n) is 8.86. The summed E-state index contributed by atoms with van der Waals surface area (Å²) < 4.78 is 0. The van der Waals surface area contributed by atoms with E-state index in [9.17, 15) is 0 Å². The van der Waals surface area contributed by atoms with E-state index in [0.717, 1.165) is 73.2 Å². The van der Waals surface area contributed by atoms with Crippen molar-refractivity contribution in [2.24, 2.45) is 0 Å². The first kappa shape index (κ1) is 56.8. The zero-order valence-electron chi connectivity index (χ0n) is 47.1. The summed E-state index contributed by atoms with van der Waals surface area (Å²) in [4.78, 5) is 35.5. The van der Waals surface area contributed by atoms with Gasteiger partial charge in [0, 0.05) is 69.1 Å². The molecule has 402 valence electrons. The number of benzene rings is 8. The summed E-state index contributed by atoms with van der Waals surface area (Å²) in [7, 11) is 0. The van der Waals surface area contributed by atoms with Crippen LogP contribution in [0.15, 0.2) is 280 Å². The molecule has 0 bridgehead atoms. The van der Waals surface area contributed by atoms with Crippen LogP contribution in [0.25, 0.3) is 89.7 Å². The Morgan fingerprint density at radius 3 is 1.35 bits per heavy atom. The number of aromatic nitrogens is 8. The van der Waals surface area contributed by atoms with Crippen LogP contribution in [0.1, 0.15) is 33.9 Å². The topological polar surface area (TPSA) is 127 Å². The summed E-state index contributed by atoms with van der Waals surface area (Å²) in [5.41, 5.74) is 18.5. The highest BCUT2D eigenvalue weighted by molar-refractivity contribution is 5.93. The SMILES string of the molecule is Cc1cc(-c2cccnc2)cc(-c2ccccn2)c1.Cc1ccc(-c2cccc3cccnc23)cc1.Cc1ccc(C#N)cc1.Cc1nc(-c2ccccc2)cc(-c2ccccc2)n1.Cc1nc(-c2ccccc2)nc(-c2ccccc2)n1. The average molecular weight is 1080 g/mol. The lowest BCUT2D eigenvalue weighted by atomic mass is 10.00. The van der Waals surface area contributed by atoms with Gasteiger partial charge < -0.3 is 0 Å². The highest BCUT2D eigenvalue weighted by Crippen LogP contribution is 2.29. The molecule has 13 aromatic rings. The molecule has 0 amide bonds. The van der Waals surface area contributed by atoms with Crippen LogP contribution in [-0.4, -0.2) is 39.9 Å². The molecule has 9 heteroatoms. The molecule has 0 unspecified atom stereocenters. The minimum atomic E-state index is 0.715. The Kier molecular flexibility index (Phi) is 19.7. The van der Waals surface area contributed by atoms with Crippen LogP contribution in [0.5, 0.6) is 0 Å². The van der Waals surface area contributed by atoms with Gasteiger partial charge in [0.15, 0.2) is 11.6 Å². The third-order valence-corrected chi connectivity index (χ3v) is 13.0. The van der Waals surface area contributed by atoms with Gasteiger partial charge in [0.25, 0.3) is 0 Å². The van der Waals surface area contributed by atoms with Gasteiger partial charge in [-0.1, -0.05) is 211 Å². The van der Waals surface area contributed by atoms with E-state index in [1.54, 1.807) is 6.20 Å². The predicted octanol–water partition coefficient (Wildman–Crippen LogP) is 17.8. The second kappa shape index (κ2) is 28.8. The molecule has 0 fully saturated rings. The number of para-hydroxylation sites is 1. The van der Waals surface area contributed by atoms with Crippen LogP contribution in [0, 0.1) is 45.9 Å². The van der Waals surface area contributed by atoms with Crippen molar-refractivity contribution in [3.05, 3.63) is 313 Å². The first-order valence-corrected chi connectivity index (χ1v) is 27.3. The Balaban J connectivity index is 0.000000127. The molecule has 8 aromatic carbocycles. The number of aryl methyl sites for hydroxylation is 5. The van der Waals surface area contributed by atoms with Crippen molar-refractivity contribution in [2.75, 3.05) is 0 Å². The van der Waals surface area contributed by atoms with E-state index in [-0.39, 0.29) is 0 Å². The maximum Gasteiger partial charge on any atom is 0.163 e. The first-order valence-electron chi connectivity index (χ1n) is 27.3. The standard InChI is InChI=1S/2C17H14N2.C16H13N3.C16H13N.C8H7N/c1-13-18-16(14-8-4-2-5-9-14)12-17(19-13)15-10-6-3-7-11-15;1-13-9-15(14-5-4-7-18-12-14)11-16(10-13)17-6-2-3-8-19-17;1-12-17-15(13-8-4-2-5-9-13)19-16(18-12)14-10-6-3-7-11-14;1-12-7-9-13(10-8-12)15-6-2-4-14-5-3-11-17-16(14)15;1-7-2-4-8(6-9)5-3-7/h2*2-12H,1H3;2-11H,1H3;2-11H,1H3;2-5H,1H3. The Hall–Kier alpha value is -11.0. The molecular formula is C74H61N9. The summed E-state index contributed by atoms with van der Waals surface area (Å²) in [6.45, 7) is 10.0. The molecule has 9 nitrogen and oxygen atoms in total. The smallest absolute Gasteiger partial charge is 0.163 e. The minimum Gasteiger partial charge on any atom is -0.264 e. The Labute approximate surface area is 486 Å². The molecule has 0 saturated heterocycles. The number of nitrogens with zero attached hydrogens (tertiary/aromatic N) is 9. The third kappa shape index (κ3) is 16.3. The molecule has 0 saturated carbocycles. The van der Waals surface area contributed by atoms with E-state index in [1.165, 1.54) is 38.8 Å². The summed E-state index contributed by atoms with van der Waals surface area (Å²) in [6.07, 6.45) is 7.34. The van der Waals surface area contributed by atoms with Gasteiger partial charge in [-0.2, -0.15) is 5.26 Å². The number of rotatable bonds is 7. The van der Waals surface area contributed by atoms with Crippen molar-refractivity contribution >= 4 is 10.9 Å². The fraction of sp³-hybridized carbons (Fsp3) is 0.0676. The van der Waals surface area contributed by atoms with Crippen molar-refractivity contribution < 1.29 is 0 Å². The zero-order valence-corrected chi connectivity index (χ0v) is 47.1. The van der Waals surface area contributed by atoms with Crippen LogP contribution in [0.3, 0.4) is 0 Å². The van der Waals surface area contributed by atoms with Gasteiger partial charge in [0.2, 0.25) is 0 Å². The van der Waals surface area contributed by atoms with Gasteiger partial charge >= 0.3 is 0 Å². The summed E-state index contributed by atoms with van der Waals surface area (Å²) >= 11 is 0. The van der Waals surface area contributed by atoms with Crippen LogP contribution in [-0.2, 0) is 0 Å². The second-order valence-electron chi connectivity index (χ2n) is 19.4. The molecule has 0 spiro atoms. The maximum absolute atomic E-state index is 8.38. The molecule has 0 atom stereocenters. The van der Waals surface area contributed by atoms with E-state index >= 15 is 0 Å². The molecular weight excluding hydrogens is 1010 g/mol. The number of hydrogen-bond acceptors (Lipinski definition) is 9. The maximum atomic E-state index is 8.38. The molecule has 0 N–H and O–H groups in total. The molecule has 5 aromatic heterocycles. The largest absolute Gasteiger partial charge is 0.264 e. The van der Waals surface area contributed by atoms with Gasteiger partial charge in [-0.05, 0) is 106 Å². The normalized spacial score (nSPS) is 10.2. The van der Waals surface area contributed by atoms with Crippen LogP contribution < -0.4 is 0 Å². The number of pyridine rings is 3. The van der Waals surface area contributed by atoms with Crippen molar-refractivity contribution in [1.29, 1.82) is 5.26 Å². The minimum absolute atomic E-state index is 0.715. The monoisotopic (exact) mass is 1080 g/mol. The Bertz CT molecular complexity index is 3690. The van der Waals surface area contributed by atoms with Gasteiger partial charge in [-0.3, -0.25) is 15.0 Å². The molecule has 13 rings (SSSR count). The first-order chi connectivity index (χ1) is 40.6. The molecule has 0 aliphatic carbocycles. The molecule has 5 heterocycles. The average Bonchev–Trinajstić information content (AvgIpc) is 3.70. The lowest BCUT2D eigenvalue weighted by molar-refractivity contribution is 0.992. The molecule has 0 aliphatic rings. The molecule has 0 aliphatic heterocycles. The van der Waals surface area contributed by atoms with Crippen molar-refractivity contribution in [3.63, 3.8) is 0 Å². The lowest BCUT2D eigenvalue weighted by Crippen LogP contribution is -1.99. The van der Waals surface area contributed by atoms with Gasteiger partial charge in [-0.15, -0.1) is 0 Å². The van der Waals surface area contributed by atoms with E-state index in [1.807, 2.05) is 197 Å². The van der Waals surface area contributed by atoms with Crippen molar-refractivity contribution in [1.82, 2.24) is 39.9 Å². The third-order valence-electron chi connectivity index (χ3n) is 13.0. The van der Waals surface area contributed by atoms with E-state index in [2.05, 4.69) is 157 Å². The van der Waals surface area contributed by atoms with E-state index < -0.39 is 0 Å². The van der Waals surface area contributed by atoms with Gasteiger partial charge in [0.1, 0.15) is 11.6 Å². The van der Waals surface area contributed by atoms with Gasteiger partial charge in [0.05, 0.1) is 34.2 Å². The number of fused-ring (bicyclic) bond motifs is 1. The quantitative estimate of drug-likeness (QED) is 0.153. The zero-order chi connectivity index (χ0) is 57.6. The lowest BCUT2D eigenvalue weighted by Gasteiger charge is -2.07. The second-order valence-corrected chi connectivity index (χ2v) is 19.4. The fourth-order valence-corrected chi connectivity index (χ4v) is 8.86. The van der Waals surface area contributed by atoms with Crippen LogP contribution >= 0.6 is 0 Å². The van der Waals surface area contributed by atoms with E-state index in [0.29, 0.717) is 11.6 Å². The van der Waals surface area contributed by atoms with Crippen molar-refractivity contribution in [3.8, 4) is 84.9 Å². The summed E-state index contributed by atoms with van der Waals surface area (Å²) in [5.74, 6) is 2.95. The Morgan fingerprint density at radius 1 is 0.313 bits per heavy atom. The van der Waals surface area contributed by atoms with E-state index in [4.69, 9.17) is 5.26 Å². The summed E-state index contributed by atoms with van der Waals surface area (Å²) in [6, 6.07) is 87.3. The summed E-state index contributed by atoms with van der Waals surface area (Å²) in [5, 5.41) is 9.56. The number of hydrogen-bond donors (Lipinski definition) is 0. The highest BCUT2D eigenvalue weighted by Gasteiger charge is 2.10. The number of nitriles is 1. The van der Waals surface area contributed by atoms with Gasteiger partial charge in [-0.25, -0.2) is 24.9 Å². The van der Waals surface area contributed by atoms with Crippen molar-refractivity contribution in [2.45, 2.75) is 34.6 Å². The Morgan fingerprint density at radius 2 is 0.807 bits per heavy atom.